The largest absolute Gasteiger partial charge is 0.493 e. The summed E-state index contributed by atoms with van der Waals surface area (Å²) in [6.45, 7) is 4.39. The van der Waals surface area contributed by atoms with E-state index in [1.165, 1.54) is 0 Å². The topological polar surface area (TPSA) is 53.1 Å². The molecule has 0 aromatic carbocycles. The van der Waals surface area contributed by atoms with Gasteiger partial charge in [-0.25, -0.2) is 0 Å². The van der Waals surface area contributed by atoms with Gasteiger partial charge in [0.15, 0.2) is 5.75 Å². The van der Waals surface area contributed by atoms with E-state index in [-0.39, 0.29) is 6.04 Å². The molecule has 1 aromatic rings. The Morgan fingerprint density at radius 1 is 1.60 bits per heavy atom. The molecule has 0 bridgehead atoms. The molecule has 0 saturated carbocycles. The van der Waals surface area contributed by atoms with E-state index in [1.54, 1.807) is 18.0 Å². The standard InChI is InChI=1S/C11H21N3O/c1-5-8(2)6-9(12)11-10(15-4)7-13-14(11)3/h7-9H,5-6,12H2,1-4H3. The van der Waals surface area contributed by atoms with Gasteiger partial charge in [0.25, 0.3) is 0 Å². The lowest BCUT2D eigenvalue weighted by Gasteiger charge is -2.17. The third kappa shape index (κ3) is 2.72. The second-order valence-electron chi connectivity index (χ2n) is 4.08. The molecule has 0 aliphatic heterocycles. The zero-order valence-electron chi connectivity index (χ0n) is 10.0. The fourth-order valence-electron chi connectivity index (χ4n) is 1.72. The number of nitrogens with zero attached hydrogens (tertiary/aromatic N) is 2. The first-order chi connectivity index (χ1) is 7.10. The smallest absolute Gasteiger partial charge is 0.161 e. The van der Waals surface area contributed by atoms with Crippen molar-refractivity contribution in [3.8, 4) is 5.75 Å². The number of rotatable bonds is 5. The minimum atomic E-state index is 0.00222. The Morgan fingerprint density at radius 3 is 2.80 bits per heavy atom. The van der Waals surface area contributed by atoms with Crippen molar-refractivity contribution in [1.82, 2.24) is 9.78 Å². The van der Waals surface area contributed by atoms with Crippen molar-refractivity contribution in [2.75, 3.05) is 7.11 Å². The highest BCUT2D eigenvalue weighted by Crippen LogP contribution is 2.27. The highest BCUT2D eigenvalue weighted by molar-refractivity contribution is 5.27. The lowest BCUT2D eigenvalue weighted by Crippen LogP contribution is -2.18. The van der Waals surface area contributed by atoms with E-state index in [4.69, 9.17) is 10.5 Å². The molecule has 2 N–H and O–H groups in total. The van der Waals surface area contributed by atoms with Gasteiger partial charge in [-0.05, 0) is 12.3 Å². The van der Waals surface area contributed by atoms with Crippen molar-refractivity contribution >= 4 is 0 Å². The first-order valence-corrected chi connectivity index (χ1v) is 5.41. The van der Waals surface area contributed by atoms with E-state index >= 15 is 0 Å². The first-order valence-electron chi connectivity index (χ1n) is 5.41. The summed E-state index contributed by atoms with van der Waals surface area (Å²) in [4.78, 5) is 0. The van der Waals surface area contributed by atoms with Crippen LogP contribution in [0.5, 0.6) is 5.75 Å². The zero-order valence-corrected chi connectivity index (χ0v) is 10.0. The Bertz CT molecular complexity index is 309. The summed E-state index contributed by atoms with van der Waals surface area (Å²) in [5, 5.41) is 4.15. The van der Waals surface area contributed by atoms with Crippen LogP contribution in [0.25, 0.3) is 0 Å². The highest BCUT2D eigenvalue weighted by atomic mass is 16.5. The molecule has 4 nitrogen and oxygen atoms in total. The van der Waals surface area contributed by atoms with Gasteiger partial charge in [0.2, 0.25) is 0 Å². The first kappa shape index (κ1) is 12.0. The van der Waals surface area contributed by atoms with Crippen molar-refractivity contribution in [3.05, 3.63) is 11.9 Å². The second-order valence-corrected chi connectivity index (χ2v) is 4.08. The normalized spacial score (nSPS) is 15.0. The van der Waals surface area contributed by atoms with E-state index < -0.39 is 0 Å². The molecule has 1 rings (SSSR count). The van der Waals surface area contributed by atoms with Crippen molar-refractivity contribution in [2.24, 2.45) is 18.7 Å². The predicted octanol–water partition coefficient (Wildman–Crippen LogP) is 1.86. The van der Waals surface area contributed by atoms with Crippen LogP contribution < -0.4 is 10.5 Å². The Labute approximate surface area is 91.4 Å². The molecule has 0 amide bonds. The molecule has 0 spiro atoms. The van der Waals surface area contributed by atoms with Gasteiger partial charge in [-0.3, -0.25) is 4.68 Å². The van der Waals surface area contributed by atoms with Gasteiger partial charge in [-0.2, -0.15) is 5.10 Å². The summed E-state index contributed by atoms with van der Waals surface area (Å²) in [7, 11) is 3.55. The fraction of sp³-hybridized carbons (Fsp3) is 0.727. The van der Waals surface area contributed by atoms with Gasteiger partial charge in [0.1, 0.15) is 0 Å². The van der Waals surface area contributed by atoms with Gasteiger partial charge in [0.05, 0.1) is 25.0 Å². The number of methoxy groups -OCH3 is 1. The molecule has 2 unspecified atom stereocenters. The van der Waals surface area contributed by atoms with E-state index in [0.717, 1.165) is 24.3 Å². The molecule has 0 aliphatic carbocycles. The molecule has 86 valence electrons. The van der Waals surface area contributed by atoms with Crippen LogP contribution in [0.3, 0.4) is 0 Å². The van der Waals surface area contributed by atoms with E-state index in [1.807, 2.05) is 7.05 Å². The number of hydrogen-bond acceptors (Lipinski definition) is 3. The van der Waals surface area contributed by atoms with Crippen LogP contribution >= 0.6 is 0 Å². The summed E-state index contributed by atoms with van der Waals surface area (Å²) in [6.07, 6.45) is 3.83. The van der Waals surface area contributed by atoms with Crippen molar-refractivity contribution in [3.63, 3.8) is 0 Å². The number of aromatic nitrogens is 2. The molecule has 0 fully saturated rings. The number of nitrogens with two attached hydrogens (primary N) is 1. The molecule has 4 heteroatoms. The van der Waals surface area contributed by atoms with Gasteiger partial charge >= 0.3 is 0 Å². The van der Waals surface area contributed by atoms with Crippen LogP contribution in [0, 0.1) is 5.92 Å². The van der Waals surface area contributed by atoms with Gasteiger partial charge < -0.3 is 10.5 Å². The summed E-state index contributed by atoms with van der Waals surface area (Å²) >= 11 is 0. The van der Waals surface area contributed by atoms with Crippen LogP contribution in [-0.4, -0.2) is 16.9 Å². The van der Waals surface area contributed by atoms with E-state index in [0.29, 0.717) is 5.92 Å². The second kappa shape index (κ2) is 5.16. The third-order valence-corrected chi connectivity index (χ3v) is 2.87. The average molecular weight is 211 g/mol. The maximum atomic E-state index is 6.15. The van der Waals surface area contributed by atoms with Gasteiger partial charge in [-0.1, -0.05) is 20.3 Å². The van der Waals surface area contributed by atoms with Gasteiger partial charge in [0, 0.05) is 7.05 Å². The summed E-state index contributed by atoms with van der Waals surface area (Å²) in [5.74, 6) is 1.41. The lowest BCUT2D eigenvalue weighted by molar-refractivity contribution is 0.389. The van der Waals surface area contributed by atoms with Crippen molar-refractivity contribution in [1.29, 1.82) is 0 Å². The van der Waals surface area contributed by atoms with Crippen LogP contribution in [0.1, 0.15) is 38.4 Å². The van der Waals surface area contributed by atoms with Crippen LogP contribution in [0.2, 0.25) is 0 Å². The zero-order chi connectivity index (χ0) is 11.4. The highest BCUT2D eigenvalue weighted by Gasteiger charge is 2.18. The van der Waals surface area contributed by atoms with Crippen LogP contribution in [0.4, 0.5) is 0 Å². The quantitative estimate of drug-likeness (QED) is 0.809. The van der Waals surface area contributed by atoms with Gasteiger partial charge in [-0.15, -0.1) is 0 Å². The molecule has 2 atom stereocenters. The molecule has 1 heterocycles. The maximum absolute atomic E-state index is 6.15. The Kier molecular flexibility index (Phi) is 4.15. The van der Waals surface area contributed by atoms with Crippen LogP contribution in [0.15, 0.2) is 6.20 Å². The molecular formula is C11H21N3O. The monoisotopic (exact) mass is 211 g/mol. The minimum Gasteiger partial charge on any atom is -0.493 e. The predicted molar refractivity (Wildman–Crippen MR) is 60.8 cm³/mol. The maximum Gasteiger partial charge on any atom is 0.161 e. The third-order valence-electron chi connectivity index (χ3n) is 2.87. The Hall–Kier alpha value is -1.03. The molecule has 0 radical (unpaired) electrons. The molecule has 0 aliphatic rings. The number of ether oxygens (including phenoxy) is 1. The minimum absolute atomic E-state index is 0.00222. The molecule has 0 saturated heterocycles. The summed E-state index contributed by atoms with van der Waals surface area (Å²) < 4.78 is 7.04. The number of aryl methyl sites for hydroxylation is 1. The molecule has 1 aromatic heterocycles. The molecule has 15 heavy (non-hydrogen) atoms. The molecular weight excluding hydrogens is 190 g/mol. The summed E-state index contributed by atoms with van der Waals surface area (Å²) in [6, 6.07) is 0.00222. The summed E-state index contributed by atoms with van der Waals surface area (Å²) in [5.41, 5.74) is 7.14. The fourth-order valence-corrected chi connectivity index (χ4v) is 1.72. The SMILES string of the molecule is CCC(C)CC(N)c1c(OC)cnn1C. The number of hydrogen-bond donors (Lipinski definition) is 1. The Balaban J connectivity index is 2.80. The van der Waals surface area contributed by atoms with Crippen molar-refractivity contribution < 1.29 is 4.74 Å². The lowest BCUT2D eigenvalue weighted by atomic mass is 9.98. The van der Waals surface area contributed by atoms with Crippen molar-refractivity contribution in [2.45, 2.75) is 32.7 Å². The van der Waals surface area contributed by atoms with E-state index in [2.05, 4.69) is 18.9 Å². The van der Waals surface area contributed by atoms with Crippen LogP contribution in [-0.2, 0) is 7.05 Å². The van der Waals surface area contributed by atoms with E-state index in [9.17, 15) is 0 Å². The Morgan fingerprint density at radius 2 is 2.27 bits per heavy atom. The average Bonchev–Trinajstić information content (AvgIpc) is 2.59.